The molecule has 4 nitrogen and oxygen atoms in total. The molecular formula is C19H26N2O2. The van der Waals surface area contributed by atoms with Crippen LogP contribution in [-0.2, 0) is 11.8 Å². The van der Waals surface area contributed by atoms with Gasteiger partial charge in [0, 0.05) is 24.0 Å². The molecule has 2 saturated carbocycles. The highest BCUT2D eigenvalue weighted by molar-refractivity contribution is 5.49. The van der Waals surface area contributed by atoms with Crippen LogP contribution in [0.25, 0.3) is 0 Å². The summed E-state index contributed by atoms with van der Waals surface area (Å²) in [6.45, 7) is 2.18. The average molecular weight is 314 g/mol. The van der Waals surface area contributed by atoms with Gasteiger partial charge in [-0.15, -0.1) is 0 Å². The second kappa shape index (κ2) is 4.50. The molecule has 1 saturated heterocycles. The molecule has 3 fully saturated rings. The Labute approximate surface area is 137 Å². The van der Waals surface area contributed by atoms with Gasteiger partial charge in [0.25, 0.3) is 0 Å². The standard InChI is InChI=1S/C19H26N2O2/c20-14-9-18-5-6-21(11-12-1-2-12)17(19(18,23)10-14)7-13-3-4-15(22)8-16(13)18/h3-4,8,12,14,17,22-23H,1-2,5-7,9-11,20H2/t14-,17+,18+,19+/m0/s1. The van der Waals surface area contributed by atoms with E-state index in [1.807, 2.05) is 6.07 Å². The van der Waals surface area contributed by atoms with Crippen LogP contribution < -0.4 is 5.73 Å². The second-order valence-electron chi connectivity index (χ2n) is 8.42. The maximum Gasteiger partial charge on any atom is 0.115 e. The van der Waals surface area contributed by atoms with Crippen LogP contribution in [0.1, 0.15) is 43.2 Å². The van der Waals surface area contributed by atoms with E-state index in [-0.39, 0.29) is 17.5 Å². The van der Waals surface area contributed by atoms with Gasteiger partial charge in [-0.25, -0.2) is 0 Å². The van der Waals surface area contributed by atoms with Crippen molar-refractivity contribution in [1.82, 2.24) is 4.90 Å². The van der Waals surface area contributed by atoms with Crippen molar-refractivity contribution in [3.8, 4) is 5.75 Å². The van der Waals surface area contributed by atoms with Crippen molar-refractivity contribution < 1.29 is 10.2 Å². The fraction of sp³-hybridized carbons (Fsp3) is 0.684. The van der Waals surface area contributed by atoms with Crippen LogP contribution in [-0.4, -0.2) is 45.9 Å². The lowest BCUT2D eigenvalue weighted by Crippen LogP contribution is -2.69. The number of fused-ring (bicyclic) bond motifs is 1. The summed E-state index contributed by atoms with van der Waals surface area (Å²) in [4.78, 5) is 2.55. The first-order chi connectivity index (χ1) is 11.0. The predicted molar refractivity (Wildman–Crippen MR) is 88.4 cm³/mol. The molecule has 1 aliphatic heterocycles. The third kappa shape index (κ3) is 1.83. The molecule has 23 heavy (non-hydrogen) atoms. The summed E-state index contributed by atoms with van der Waals surface area (Å²) in [5.41, 5.74) is 7.81. The van der Waals surface area contributed by atoms with E-state index < -0.39 is 5.60 Å². The lowest BCUT2D eigenvalue weighted by Gasteiger charge is -2.59. The normalized spacial score (nSPS) is 42.3. The van der Waals surface area contributed by atoms with Crippen molar-refractivity contribution >= 4 is 0 Å². The molecule has 4 N–H and O–H groups in total. The number of aliphatic hydroxyl groups is 1. The zero-order valence-electron chi connectivity index (χ0n) is 13.5. The first kappa shape index (κ1) is 14.3. The summed E-state index contributed by atoms with van der Waals surface area (Å²) in [5, 5.41) is 21.8. The van der Waals surface area contributed by atoms with Crippen molar-refractivity contribution in [1.29, 1.82) is 0 Å². The molecular weight excluding hydrogens is 288 g/mol. The summed E-state index contributed by atoms with van der Waals surface area (Å²) in [7, 11) is 0. The summed E-state index contributed by atoms with van der Waals surface area (Å²) in [6, 6.07) is 5.98. The Bertz CT molecular complexity index is 659. The van der Waals surface area contributed by atoms with Crippen LogP contribution >= 0.6 is 0 Å². The number of phenols is 1. The molecule has 0 unspecified atom stereocenters. The number of phenolic OH excluding ortho intramolecular Hbond substituents is 1. The van der Waals surface area contributed by atoms with Crippen molar-refractivity contribution in [2.45, 2.75) is 61.6 Å². The van der Waals surface area contributed by atoms with Gasteiger partial charge in [-0.2, -0.15) is 0 Å². The molecule has 0 amide bonds. The fourth-order valence-corrected chi connectivity index (χ4v) is 5.88. The number of likely N-dealkylation sites (tertiary alicyclic amines) is 1. The molecule has 1 aromatic rings. The van der Waals surface area contributed by atoms with E-state index in [1.54, 1.807) is 6.07 Å². The van der Waals surface area contributed by atoms with E-state index in [4.69, 9.17) is 5.73 Å². The van der Waals surface area contributed by atoms with Gasteiger partial charge < -0.3 is 15.9 Å². The molecule has 0 spiro atoms. The molecule has 4 aliphatic rings. The number of rotatable bonds is 2. The number of hydrogen-bond donors (Lipinski definition) is 3. The van der Waals surface area contributed by atoms with Crippen LogP contribution in [0.5, 0.6) is 5.75 Å². The maximum atomic E-state index is 11.8. The summed E-state index contributed by atoms with van der Waals surface area (Å²) < 4.78 is 0. The molecule has 1 heterocycles. The van der Waals surface area contributed by atoms with Crippen LogP contribution in [0, 0.1) is 5.92 Å². The number of nitrogens with two attached hydrogens (primary N) is 1. The largest absolute Gasteiger partial charge is 0.508 e. The number of hydrogen-bond acceptors (Lipinski definition) is 4. The van der Waals surface area contributed by atoms with Crippen LogP contribution in [0.15, 0.2) is 18.2 Å². The third-order valence-electron chi connectivity index (χ3n) is 7.04. The monoisotopic (exact) mass is 314 g/mol. The first-order valence-corrected chi connectivity index (χ1v) is 9.06. The number of aromatic hydroxyl groups is 1. The van der Waals surface area contributed by atoms with E-state index in [0.717, 1.165) is 43.8 Å². The van der Waals surface area contributed by atoms with Crippen LogP contribution in [0.2, 0.25) is 0 Å². The van der Waals surface area contributed by atoms with E-state index in [9.17, 15) is 10.2 Å². The maximum absolute atomic E-state index is 11.8. The molecule has 4 atom stereocenters. The zero-order valence-corrected chi connectivity index (χ0v) is 13.5. The highest BCUT2D eigenvalue weighted by Gasteiger charge is 2.66. The van der Waals surface area contributed by atoms with Gasteiger partial charge in [0.15, 0.2) is 0 Å². The van der Waals surface area contributed by atoms with Crippen molar-refractivity contribution in [2.75, 3.05) is 13.1 Å². The molecule has 5 rings (SSSR count). The number of benzene rings is 1. The lowest BCUT2D eigenvalue weighted by molar-refractivity contribution is -0.131. The minimum Gasteiger partial charge on any atom is -0.508 e. The SMILES string of the molecule is N[C@H]1C[C@]23CCN(CC4CC4)[C@H](Cc4ccc(O)cc42)[C@]3(O)C1. The number of piperidine rings is 1. The van der Waals surface area contributed by atoms with Gasteiger partial charge in [-0.1, -0.05) is 6.07 Å². The molecule has 1 aromatic carbocycles. The van der Waals surface area contributed by atoms with Gasteiger partial charge in [-0.3, -0.25) is 4.90 Å². The van der Waals surface area contributed by atoms with Crippen LogP contribution in [0.3, 0.4) is 0 Å². The van der Waals surface area contributed by atoms with Crippen LogP contribution in [0.4, 0.5) is 0 Å². The number of nitrogens with zero attached hydrogens (tertiary/aromatic N) is 1. The van der Waals surface area contributed by atoms with Crippen molar-refractivity contribution in [2.24, 2.45) is 11.7 Å². The Kier molecular flexibility index (Phi) is 2.79. The van der Waals surface area contributed by atoms with E-state index >= 15 is 0 Å². The Morgan fingerprint density at radius 2 is 2.09 bits per heavy atom. The molecule has 2 bridgehead atoms. The molecule has 0 radical (unpaired) electrons. The highest BCUT2D eigenvalue weighted by atomic mass is 16.3. The second-order valence-corrected chi connectivity index (χ2v) is 8.42. The van der Waals surface area contributed by atoms with Gasteiger partial charge in [0.05, 0.1) is 5.60 Å². The average Bonchev–Trinajstić information content (AvgIpc) is 3.25. The van der Waals surface area contributed by atoms with E-state index in [1.165, 1.54) is 18.4 Å². The van der Waals surface area contributed by atoms with E-state index in [2.05, 4.69) is 11.0 Å². The highest BCUT2D eigenvalue weighted by Crippen LogP contribution is 2.60. The Balaban J connectivity index is 1.64. The Morgan fingerprint density at radius 1 is 1.26 bits per heavy atom. The summed E-state index contributed by atoms with van der Waals surface area (Å²) >= 11 is 0. The molecule has 3 aliphatic carbocycles. The van der Waals surface area contributed by atoms with Gasteiger partial charge in [-0.05, 0) is 74.2 Å². The third-order valence-corrected chi connectivity index (χ3v) is 7.04. The summed E-state index contributed by atoms with van der Waals surface area (Å²) in [6.07, 6.45) is 6.05. The Morgan fingerprint density at radius 3 is 2.87 bits per heavy atom. The van der Waals surface area contributed by atoms with Gasteiger partial charge >= 0.3 is 0 Å². The van der Waals surface area contributed by atoms with E-state index in [0.29, 0.717) is 12.2 Å². The fourth-order valence-electron chi connectivity index (χ4n) is 5.88. The lowest BCUT2D eigenvalue weighted by atomic mass is 9.56. The minimum atomic E-state index is -0.736. The minimum absolute atomic E-state index is 0.0525. The van der Waals surface area contributed by atoms with Gasteiger partial charge in [0.1, 0.15) is 5.75 Å². The topological polar surface area (TPSA) is 69.7 Å². The molecule has 0 aromatic heterocycles. The van der Waals surface area contributed by atoms with Crippen molar-refractivity contribution in [3.05, 3.63) is 29.3 Å². The summed E-state index contributed by atoms with van der Waals surface area (Å²) in [5.74, 6) is 1.14. The quantitative estimate of drug-likeness (QED) is 0.774. The zero-order chi connectivity index (χ0) is 15.8. The Hall–Kier alpha value is -1.10. The first-order valence-electron chi connectivity index (χ1n) is 9.06. The molecule has 4 heteroatoms. The predicted octanol–water partition coefficient (Wildman–Crippen LogP) is 1.52. The smallest absolute Gasteiger partial charge is 0.115 e. The molecule has 124 valence electrons. The van der Waals surface area contributed by atoms with Gasteiger partial charge in [0.2, 0.25) is 0 Å². The van der Waals surface area contributed by atoms with Crippen molar-refractivity contribution in [3.63, 3.8) is 0 Å².